The first kappa shape index (κ1) is 17.0. The van der Waals surface area contributed by atoms with Crippen LogP contribution in [0, 0.1) is 0 Å². The highest BCUT2D eigenvalue weighted by Gasteiger charge is 2.13. The quantitative estimate of drug-likeness (QED) is 0.565. The molecule has 0 saturated carbocycles. The van der Waals surface area contributed by atoms with E-state index in [1.165, 1.54) is 11.3 Å². The highest BCUT2D eigenvalue weighted by Crippen LogP contribution is 2.26. The lowest BCUT2D eigenvalue weighted by Crippen LogP contribution is -2.13. The van der Waals surface area contributed by atoms with Crippen molar-refractivity contribution in [1.82, 2.24) is 14.8 Å². The zero-order chi connectivity index (χ0) is 18.6. The molecular formula is C20H16N4O2S. The summed E-state index contributed by atoms with van der Waals surface area (Å²) in [6.45, 7) is 0. The first-order valence-corrected chi connectivity index (χ1v) is 9.13. The van der Waals surface area contributed by atoms with Gasteiger partial charge in [0.25, 0.3) is 5.91 Å². The van der Waals surface area contributed by atoms with E-state index in [0.717, 1.165) is 22.0 Å². The van der Waals surface area contributed by atoms with Crippen LogP contribution in [0.1, 0.15) is 10.5 Å². The maximum atomic E-state index is 12.5. The third-order valence-corrected chi connectivity index (χ3v) is 4.82. The summed E-state index contributed by atoms with van der Waals surface area (Å²) < 4.78 is 6.87. The molecule has 0 aliphatic carbocycles. The number of carbonyl (C=O) groups excluding carboxylic acids is 1. The molecule has 7 heteroatoms. The Labute approximate surface area is 160 Å². The molecule has 2 heterocycles. The molecule has 4 rings (SSSR count). The molecule has 1 amide bonds. The number of amides is 1. The average Bonchev–Trinajstić information content (AvgIpc) is 3.39. The summed E-state index contributed by atoms with van der Waals surface area (Å²) in [6.07, 6.45) is 1.80. The normalized spacial score (nSPS) is 10.6. The van der Waals surface area contributed by atoms with Gasteiger partial charge in [-0.15, -0.1) is 11.3 Å². The number of benzene rings is 2. The second-order valence-corrected chi connectivity index (χ2v) is 6.56. The molecule has 0 spiro atoms. The van der Waals surface area contributed by atoms with Gasteiger partial charge in [0.15, 0.2) is 5.82 Å². The van der Waals surface area contributed by atoms with Gasteiger partial charge in [0.2, 0.25) is 0 Å². The summed E-state index contributed by atoms with van der Waals surface area (Å²) in [6, 6.07) is 19.0. The monoisotopic (exact) mass is 376 g/mol. The van der Waals surface area contributed by atoms with Crippen molar-refractivity contribution in [3.05, 3.63) is 77.9 Å². The SMILES string of the molecule is COc1ccc(-c2nc(C(=O)Nc3ccn(-c4ccccc4)n3)cs2)cc1. The van der Waals surface area contributed by atoms with E-state index in [2.05, 4.69) is 15.4 Å². The predicted molar refractivity (Wildman–Crippen MR) is 106 cm³/mol. The van der Waals surface area contributed by atoms with Gasteiger partial charge in [0.1, 0.15) is 16.5 Å². The molecule has 2 aromatic heterocycles. The second kappa shape index (κ2) is 7.43. The van der Waals surface area contributed by atoms with Crippen LogP contribution in [-0.4, -0.2) is 27.8 Å². The van der Waals surface area contributed by atoms with E-state index in [0.29, 0.717) is 11.5 Å². The zero-order valence-electron chi connectivity index (χ0n) is 14.5. The first-order chi connectivity index (χ1) is 13.2. The van der Waals surface area contributed by atoms with Crippen molar-refractivity contribution < 1.29 is 9.53 Å². The minimum Gasteiger partial charge on any atom is -0.497 e. The van der Waals surface area contributed by atoms with Crippen LogP contribution >= 0.6 is 11.3 Å². The van der Waals surface area contributed by atoms with E-state index in [9.17, 15) is 4.79 Å². The summed E-state index contributed by atoms with van der Waals surface area (Å²) in [7, 11) is 1.62. The molecule has 0 aliphatic heterocycles. The van der Waals surface area contributed by atoms with Crippen LogP contribution in [0.3, 0.4) is 0 Å². The highest BCUT2D eigenvalue weighted by molar-refractivity contribution is 7.13. The number of para-hydroxylation sites is 1. The number of nitrogens with zero attached hydrogens (tertiary/aromatic N) is 3. The zero-order valence-corrected chi connectivity index (χ0v) is 15.3. The number of ether oxygens (including phenoxy) is 1. The standard InChI is InChI=1S/C20H16N4O2S/c1-26-16-9-7-14(8-10-16)20-21-17(13-27-20)19(25)22-18-11-12-24(23-18)15-5-3-2-4-6-15/h2-13H,1H3,(H,22,23,25). The summed E-state index contributed by atoms with van der Waals surface area (Å²) in [5.41, 5.74) is 2.22. The molecule has 0 radical (unpaired) electrons. The molecule has 6 nitrogen and oxygen atoms in total. The lowest BCUT2D eigenvalue weighted by atomic mass is 10.2. The Bertz CT molecular complexity index is 1060. The Hall–Kier alpha value is -3.45. The Kier molecular flexibility index (Phi) is 4.67. The number of anilines is 1. The Morgan fingerprint density at radius 1 is 1.07 bits per heavy atom. The number of rotatable bonds is 5. The van der Waals surface area contributed by atoms with Crippen molar-refractivity contribution in [1.29, 1.82) is 0 Å². The average molecular weight is 376 g/mol. The van der Waals surface area contributed by atoms with E-state index >= 15 is 0 Å². The summed E-state index contributed by atoms with van der Waals surface area (Å²) in [5.74, 6) is 0.967. The van der Waals surface area contributed by atoms with Crippen LogP contribution in [0.25, 0.3) is 16.3 Å². The van der Waals surface area contributed by atoms with E-state index < -0.39 is 0 Å². The van der Waals surface area contributed by atoms with Crippen LogP contribution in [0.2, 0.25) is 0 Å². The number of thiazole rings is 1. The van der Waals surface area contributed by atoms with E-state index in [-0.39, 0.29) is 5.91 Å². The van der Waals surface area contributed by atoms with Gasteiger partial charge >= 0.3 is 0 Å². The smallest absolute Gasteiger partial charge is 0.276 e. The largest absolute Gasteiger partial charge is 0.497 e. The van der Waals surface area contributed by atoms with Crippen LogP contribution in [-0.2, 0) is 0 Å². The van der Waals surface area contributed by atoms with E-state index in [1.54, 1.807) is 29.4 Å². The maximum Gasteiger partial charge on any atom is 0.276 e. The number of aromatic nitrogens is 3. The summed E-state index contributed by atoms with van der Waals surface area (Å²) >= 11 is 1.42. The van der Waals surface area contributed by atoms with Crippen LogP contribution in [0.5, 0.6) is 5.75 Å². The van der Waals surface area contributed by atoms with Crippen molar-refractivity contribution in [3.8, 4) is 22.0 Å². The summed E-state index contributed by atoms with van der Waals surface area (Å²) in [5, 5.41) is 9.68. The van der Waals surface area contributed by atoms with Crippen LogP contribution < -0.4 is 10.1 Å². The lowest BCUT2D eigenvalue weighted by Gasteiger charge is -2.01. The molecule has 0 bridgehead atoms. The van der Waals surface area contributed by atoms with Gasteiger partial charge in [0.05, 0.1) is 12.8 Å². The molecule has 0 aliphatic rings. The van der Waals surface area contributed by atoms with Crippen molar-refractivity contribution >= 4 is 23.1 Å². The van der Waals surface area contributed by atoms with Crippen LogP contribution in [0.15, 0.2) is 72.2 Å². The Morgan fingerprint density at radius 2 is 1.85 bits per heavy atom. The fourth-order valence-corrected chi connectivity index (χ4v) is 3.35. The third kappa shape index (κ3) is 3.73. The Morgan fingerprint density at radius 3 is 2.59 bits per heavy atom. The fourth-order valence-electron chi connectivity index (χ4n) is 2.54. The van der Waals surface area contributed by atoms with Gasteiger partial charge in [0, 0.05) is 23.2 Å². The summed E-state index contributed by atoms with van der Waals surface area (Å²) in [4.78, 5) is 16.9. The van der Waals surface area contributed by atoms with Gasteiger partial charge in [-0.1, -0.05) is 18.2 Å². The van der Waals surface area contributed by atoms with Gasteiger partial charge < -0.3 is 10.1 Å². The molecule has 0 atom stereocenters. The molecule has 134 valence electrons. The molecular weight excluding hydrogens is 360 g/mol. The minimum atomic E-state index is -0.288. The molecule has 0 unspecified atom stereocenters. The predicted octanol–water partition coefficient (Wildman–Crippen LogP) is 4.26. The fraction of sp³-hybridized carbons (Fsp3) is 0.0500. The first-order valence-electron chi connectivity index (χ1n) is 8.25. The van der Waals surface area contributed by atoms with Gasteiger partial charge in [-0.3, -0.25) is 4.79 Å². The lowest BCUT2D eigenvalue weighted by molar-refractivity contribution is 0.102. The maximum absolute atomic E-state index is 12.5. The molecule has 4 aromatic rings. The van der Waals surface area contributed by atoms with Gasteiger partial charge in [-0.05, 0) is 36.4 Å². The molecule has 1 N–H and O–H groups in total. The number of nitrogens with one attached hydrogen (secondary N) is 1. The third-order valence-electron chi connectivity index (χ3n) is 3.93. The number of methoxy groups -OCH3 is 1. The number of hydrogen-bond donors (Lipinski definition) is 1. The van der Waals surface area contributed by atoms with Crippen molar-refractivity contribution in [3.63, 3.8) is 0 Å². The van der Waals surface area contributed by atoms with Crippen molar-refractivity contribution in [2.45, 2.75) is 0 Å². The number of hydrogen-bond acceptors (Lipinski definition) is 5. The van der Waals surface area contributed by atoms with Gasteiger partial charge in [-0.2, -0.15) is 5.10 Å². The van der Waals surface area contributed by atoms with E-state index in [4.69, 9.17) is 4.74 Å². The Balaban J connectivity index is 1.47. The molecule has 2 aromatic carbocycles. The van der Waals surface area contributed by atoms with Crippen LogP contribution in [0.4, 0.5) is 5.82 Å². The second-order valence-electron chi connectivity index (χ2n) is 5.70. The number of carbonyl (C=O) groups is 1. The van der Waals surface area contributed by atoms with Crippen molar-refractivity contribution in [2.24, 2.45) is 0 Å². The van der Waals surface area contributed by atoms with Gasteiger partial charge in [-0.25, -0.2) is 9.67 Å². The molecule has 0 saturated heterocycles. The highest BCUT2D eigenvalue weighted by atomic mass is 32.1. The van der Waals surface area contributed by atoms with Crippen molar-refractivity contribution in [2.75, 3.05) is 12.4 Å². The molecule has 0 fully saturated rings. The topological polar surface area (TPSA) is 69.0 Å². The van der Waals surface area contributed by atoms with E-state index in [1.807, 2.05) is 54.6 Å². The minimum absolute atomic E-state index is 0.288. The molecule has 27 heavy (non-hydrogen) atoms.